The summed E-state index contributed by atoms with van der Waals surface area (Å²) in [4.78, 5) is 22.2. The van der Waals surface area contributed by atoms with Crippen LogP contribution in [0.5, 0.6) is 5.88 Å². The molecule has 0 atom stereocenters. The van der Waals surface area contributed by atoms with Gasteiger partial charge < -0.3 is 15.0 Å². The van der Waals surface area contributed by atoms with E-state index >= 15 is 0 Å². The number of carbonyl (C=O) groups excluding carboxylic acids is 1. The van der Waals surface area contributed by atoms with Crippen LogP contribution in [-0.2, 0) is 0 Å². The van der Waals surface area contributed by atoms with Gasteiger partial charge in [0.15, 0.2) is 0 Å². The summed E-state index contributed by atoms with van der Waals surface area (Å²) in [5, 5.41) is 2.85. The van der Waals surface area contributed by atoms with Crippen LogP contribution in [0.25, 0.3) is 11.3 Å². The van der Waals surface area contributed by atoms with Gasteiger partial charge in [-0.05, 0) is 25.7 Å². The Hall–Kier alpha value is -2.63. The number of piperidine rings is 1. The van der Waals surface area contributed by atoms with Gasteiger partial charge in [0.25, 0.3) is 0 Å². The number of nitrogens with zero attached hydrogens (tertiary/aromatic N) is 3. The number of nitrogens with one attached hydrogen (secondary N) is 1. The van der Waals surface area contributed by atoms with Crippen molar-refractivity contribution in [2.75, 3.05) is 26.2 Å². The molecular weight excluding hydrogens is 316 g/mol. The number of carbonyl (C=O) groups is 1. The van der Waals surface area contributed by atoms with Crippen LogP contribution in [-0.4, -0.2) is 47.1 Å². The Kier molecular flexibility index (Phi) is 5.82. The average Bonchev–Trinajstić information content (AvgIpc) is 2.68. The average molecular weight is 340 g/mol. The van der Waals surface area contributed by atoms with Gasteiger partial charge in [0.1, 0.15) is 6.33 Å². The van der Waals surface area contributed by atoms with Gasteiger partial charge in [-0.3, -0.25) is 0 Å². The van der Waals surface area contributed by atoms with Gasteiger partial charge in [-0.1, -0.05) is 30.3 Å². The Labute approximate surface area is 148 Å². The van der Waals surface area contributed by atoms with Crippen LogP contribution in [0.2, 0.25) is 0 Å². The summed E-state index contributed by atoms with van der Waals surface area (Å²) in [5.41, 5.74) is 1.90. The number of ether oxygens (including phenoxy) is 1. The molecule has 6 nitrogen and oxygen atoms in total. The molecule has 1 aromatic carbocycles. The van der Waals surface area contributed by atoms with Crippen LogP contribution >= 0.6 is 0 Å². The molecule has 1 N–H and O–H groups in total. The molecular formula is C19H24N4O2. The van der Waals surface area contributed by atoms with Crippen molar-refractivity contribution in [2.45, 2.75) is 19.8 Å². The van der Waals surface area contributed by atoms with Gasteiger partial charge >= 0.3 is 6.03 Å². The summed E-state index contributed by atoms with van der Waals surface area (Å²) >= 11 is 0. The fraction of sp³-hybridized carbons (Fsp3) is 0.421. The molecule has 6 heteroatoms. The fourth-order valence-corrected chi connectivity index (χ4v) is 2.95. The fourth-order valence-electron chi connectivity index (χ4n) is 2.95. The first kappa shape index (κ1) is 17.2. The monoisotopic (exact) mass is 340 g/mol. The van der Waals surface area contributed by atoms with Crippen molar-refractivity contribution < 1.29 is 9.53 Å². The van der Waals surface area contributed by atoms with E-state index in [0.29, 0.717) is 24.9 Å². The minimum Gasteiger partial charge on any atom is -0.477 e. The molecule has 2 heterocycles. The van der Waals surface area contributed by atoms with Gasteiger partial charge in [0.05, 0.1) is 12.3 Å². The normalized spacial score (nSPS) is 15.0. The molecule has 1 saturated heterocycles. The van der Waals surface area contributed by atoms with Crippen LogP contribution in [0.3, 0.4) is 0 Å². The third kappa shape index (κ3) is 4.68. The van der Waals surface area contributed by atoms with Crippen molar-refractivity contribution in [3.63, 3.8) is 0 Å². The molecule has 2 aromatic rings. The lowest BCUT2D eigenvalue weighted by molar-refractivity contribution is 0.143. The SMILES string of the molecule is CCNC(=O)N1CCC(COc2cc(-c3ccccc3)ncn2)CC1. The Balaban J connectivity index is 1.51. The zero-order chi connectivity index (χ0) is 17.5. The Bertz CT molecular complexity index is 685. The molecule has 0 spiro atoms. The highest BCUT2D eigenvalue weighted by atomic mass is 16.5. The smallest absolute Gasteiger partial charge is 0.317 e. The zero-order valence-corrected chi connectivity index (χ0v) is 14.5. The number of amides is 2. The molecule has 1 aliphatic heterocycles. The summed E-state index contributed by atoms with van der Waals surface area (Å²) in [6.45, 7) is 4.77. The zero-order valence-electron chi connectivity index (χ0n) is 14.5. The number of likely N-dealkylation sites (tertiary alicyclic amines) is 1. The first-order valence-corrected chi connectivity index (χ1v) is 8.79. The van der Waals surface area contributed by atoms with E-state index in [2.05, 4.69) is 15.3 Å². The molecule has 1 aliphatic rings. The highest BCUT2D eigenvalue weighted by Crippen LogP contribution is 2.22. The minimum atomic E-state index is 0.0326. The van der Waals surface area contributed by atoms with Gasteiger partial charge in [0, 0.05) is 31.3 Å². The number of benzene rings is 1. The van der Waals surface area contributed by atoms with E-state index in [1.54, 1.807) is 0 Å². The molecule has 0 saturated carbocycles. The van der Waals surface area contributed by atoms with Crippen LogP contribution in [0.15, 0.2) is 42.7 Å². The van der Waals surface area contributed by atoms with Crippen molar-refractivity contribution in [3.05, 3.63) is 42.7 Å². The van der Waals surface area contributed by atoms with Gasteiger partial charge in [-0.2, -0.15) is 0 Å². The molecule has 0 unspecified atom stereocenters. The molecule has 0 aliphatic carbocycles. The maximum atomic E-state index is 11.8. The number of rotatable bonds is 5. The quantitative estimate of drug-likeness (QED) is 0.909. The van der Waals surface area contributed by atoms with E-state index in [4.69, 9.17) is 4.74 Å². The predicted molar refractivity (Wildman–Crippen MR) is 96.3 cm³/mol. The van der Waals surface area contributed by atoms with Crippen LogP contribution < -0.4 is 10.1 Å². The number of aromatic nitrogens is 2. The van der Waals surface area contributed by atoms with Crippen LogP contribution in [0.1, 0.15) is 19.8 Å². The molecule has 25 heavy (non-hydrogen) atoms. The van der Waals surface area contributed by atoms with Crippen LogP contribution in [0, 0.1) is 5.92 Å². The Morgan fingerprint density at radius 3 is 2.72 bits per heavy atom. The van der Waals surface area contributed by atoms with E-state index < -0.39 is 0 Å². The second kappa shape index (κ2) is 8.46. The standard InChI is InChI=1S/C19H24N4O2/c1-2-20-19(24)23-10-8-15(9-11-23)13-25-18-12-17(21-14-22-18)16-6-4-3-5-7-16/h3-7,12,14-15H,2,8-11,13H2,1H3,(H,20,24). The van der Waals surface area contributed by atoms with E-state index in [1.807, 2.05) is 48.2 Å². The first-order chi connectivity index (χ1) is 12.3. The highest BCUT2D eigenvalue weighted by molar-refractivity contribution is 5.74. The second-order valence-electron chi connectivity index (χ2n) is 6.18. The summed E-state index contributed by atoms with van der Waals surface area (Å²) in [7, 11) is 0. The predicted octanol–water partition coefficient (Wildman–Crippen LogP) is 2.96. The van der Waals surface area contributed by atoms with Gasteiger partial charge in [-0.25, -0.2) is 14.8 Å². The highest BCUT2D eigenvalue weighted by Gasteiger charge is 2.22. The van der Waals surface area contributed by atoms with Gasteiger partial charge in [0.2, 0.25) is 5.88 Å². The van der Waals surface area contributed by atoms with E-state index in [1.165, 1.54) is 6.33 Å². The maximum Gasteiger partial charge on any atom is 0.317 e. The van der Waals surface area contributed by atoms with Crippen LogP contribution in [0.4, 0.5) is 4.79 Å². The number of hydrogen-bond donors (Lipinski definition) is 1. The first-order valence-electron chi connectivity index (χ1n) is 8.79. The molecule has 1 aromatic heterocycles. The summed E-state index contributed by atoms with van der Waals surface area (Å²) < 4.78 is 5.88. The third-order valence-corrected chi connectivity index (χ3v) is 4.41. The number of hydrogen-bond acceptors (Lipinski definition) is 4. The lowest BCUT2D eigenvalue weighted by Crippen LogP contribution is -2.45. The Morgan fingerprint density at radius 2 is 2.00 bits per heavy atom. The summed E-state index contributed by atoms with van der Waals surface area (Å²) in [6, 6.07) is 11.9. The summed E-state index contributed by atoms with van der Waals surface area (Å²) in [6.07, 6.45) is 3.44. The molecule has 132 valence electrons. The van der Waals surface area contributed by atoms with Gasteiger partial charge in [-0.15, -0.1) is 0 Å². The lowest BCUT2D eigenvalue weighted by atomic mass is 9.98. The topological polar surface area (TPSA) is 67.4 Å². The molecule has 1 fully saturated rings. The van der Waals surface area contributed by atoms with E-state index in [9.17, 15) is 4.79 Å². The van der Waals surface area contributed by atoms with Crippen molar-refractivity contribution >= 4 is 6.03 Å². The van der Waals surface area contributed by atoms with E-state index in [0.717, 1.165) is 37.2 Å². The van der Waals surface area contributed by atoms with Crippen molar-refractivity contribution in [3.8, 4) is 17.1 Å². The van der Waals surface area contributed by atoms with Crippen molar-refractivity contribution in [2.24, 2.45) is 5.92 Å². The molecule has 2 amide bonds. The lowest BCUT2D eigenvalue weighted by Gasteiger charge is -2.31. The summed E-state index contributed by atoms with van der Waals surface area (Å²) in [5.74, 6) is 1.04. The number of urea groups is 1. The Morgan fingerprint density at radius 1 is 1.24 bits per heavy atom. The van der Waals surface area contributed by atoms with Crippen molar-refractivity contribution in [1.82, 2.24) is 20.2 Å². The second-order valence-corrected chi connectivity index (χ2v) is 6.18. The third-order valence-electron chi connectivity index (χ3n) is 4.41. The molecule has 3 rings (SSSR count). The largest absolute Gasteiger partial charge is 0.477 e. The minimum absolute atomic E-state index is 0.0326. The maximum absolute atomic E-state index is 11.8. The molecule has 0 radical (unpaired) electrons. The van der Waals surface area contributed by atoms with Crippen molar-refractivity contribution in [1.29, 1.82) is 0 Å². The van der Waals surface area contributed by atoms with E-state index in [-0.39, 0.29) is 6.03 Å². The molecule has 0 bridgehead atoms.